The number of halogens is 1. The maximum absolute atomic E-state index is 14.9. The van der Waals surface area contributed by atoms with Gasteiger partial charge in [0.15, 0.2) is 0 Å². The lowest BCUT2D eigenvalue weighted by atomic mass is 9.95. The van der Waals surface area contributed by atoms with Crippen molar-refractivity contribution in [2.45, 2.75) is 31.7 Å². The second-order valence-corrected chi connectivity index (χ2v) is 7.89. The molecule has 1 amide bonds. The van der Waals surface area contributed by atoms with Gasteiger partial charge in [0.2, 0.25) is 0 Å². The minimum absolute atomic E-state index is 0.109. The Morgan fingerprint density at radius 1 is 1.08 bits per heavy atom. The van der Waals surface area contributed by atoms with Gasteiger partial charge in [0.1, 0.15) is 5.67 Å². The van der Waals surface area contributed by atoms with Crippen molar-refractivity contribution in [3.05, 3.63) is 59.7 Å². The van der Waals surface area contributed by atoms with Crippen LogP contribution in [-0.4, -0.2) is 24.7 Å². The number of hydrogen-bond acceptors (Lipinski definition) is 3. The van der Waals surface area contributed by atoms with E-state index in [4.69, 9.17) is 0 Å². The molecule has 0 saturated carbocycles. The van der Waals surface area contributed by atoms with E-state index >= 15 is 0 Å². The fourth-order valence-corrected chi connectivity index (χ4v) is 3.10. The van der Waals surface area contributed by atoms with Gasteiger partial charge in [-0.1, -0.05) is 62.2 Å². The van der Waals surface area contributed by atoms with E-state index < -0.39 is 5.67 Å². The van der Waals surface area contributed by atoms with Crippen LogP contribution in [0.2, 0.25) is 0 Å². The van der Waals surface area contributed by atoms with Crippen LogP contribution in [0.1, 0.15) is 36.7 Å². The van der Waals surface area contributed by atoms with Crippen LogP contribution in [0.25, 0.3) is 11.1 Å². The lowest BCUT2D eigenvalue weighted by Crippen LogP contribution is -2.29. The maximum atomic E-state index is 14.9. The lowest BCUT2D eigenvalue weighted by molar-refractivity contribution is 0.0963. The van der Waals surface area contributed by atoms with E-state index in [1.165, 1.54) is 11.9 Å². The Morgan fingerprint density at radius 2 is 1.60 bits per heavy atom. The van der Waals surface area contributed by atoms with Crippen LogP contribution in [0.15, 0.2) is 48.5 Å². The summed E-state index contributed by atoms with van der Waals surface area (Å²) in [5, 5.41) is 3.01. The number of carbonyl (C=O) groups is 1. The van der Waals surface area contributed by atoms with Crippen LogP contribution < -0.4 is 10.0 Å². The summed E-state index contributed by atoms with van der Waals surface area (Å²) in [5.41, 5.74) is 1.83. The molecule has 1 unspecified atom stereocenters. The average molecular weight is 360 g/mol. The van der Waals surface area contributed by atoms with Crippen LogP contribution in [0.3, 0.4) is 0 Å². The van der Waals surface area contributed by atoms with E-state index in [9.17, 15) is 9.18 Å². The van der Waals surface area contributed by atoms with Gasteiger partial charge < -0.3 is 5.32 Å². The van der Waals surface area contributed by atoms with Crippen molar-refractivity contribution < 1.29 is 9.18 Å². The molecular formula is C20H25FN2OS. The third-order valence-corrected chi connectivity index (χ3v) is 4.70. The smallest absolute Gasteiger partial charge is 0.251 e. The van der Waals surface area contributed by atoms with Gasteiger partial charge in [0.05, 0.1) is 0 Å². The average Bonchev–Trinajstić information content (AvgIpc) is 2.61. The number of hydrogen-bond donors (Lipinski definition) is 2. The Morgan fingerprint density at radius 3 is 2.08 bits per heavy atom. The summed E-state index contributed by atoms with van der Waals surface area (Å²) < 4.78 is 18.0. The van der Waals surface area contributed by atoms with Crippen molar-refractivity contribution >= 4 is 17.9 Å². The highest BCUT2D eigenvalue weighted by atomic mass is 32.2. The first-order valence-corrected chi connectivity index (χ1v) is 9.22. The summed E-state index contributed by atoms with van der Waals surface area (Å²) >= 11 is 1.54. The predicted molar refractivity (Wildman–Crippen MR) is 104 cm³/mol. The highest BCUT2D eigenvalue weighted by Crippen LogP contribution is 2.28. The molecule has 0 saturated heterocycles. The molecule has 1 atom stereocenters. The molecule has 25 heavy (non-hydrogen) atoms. The van der Waals surface area contributed by atoms with Crippen molar-refractivity contribution in [1.82, 2.24) is 10.0 Å². The molecule has 0 aliphatic heterocycles. The van der Waals surface area contributed by atoms with Gasteiger partial charge in [-0.3, -0.25) is 9.52 Å². The summed E-state index contributed by atoms with van der Waals surface area (Å²) in [5.74, 6) is -0.109. The van der Waals surface area contributed by atoms with Crippen molar-refractivity contribution in [3.8, 4) is 11.1 Å². The zero-order valence-electron chi connectivity index (χ0n) is 15.1. The van der Waals surface area contributed by atoms with Crippen molar-refractivity contribution in [3.63, 3.8) is 0 Å². The fourth-order valence-electron chi connectivity index (χ4n) is 2.41. The number of amides is 1. The molecule has 0 spiro atoms. The molecule has 0 aliphatic rings. The van der Waals surface area contributed by atoms with E-state index in [0.717, 1.165) is 11.1 Å². The first kappa shape index (κ1) is 19.5. The SMILES string of the molecule is CNC(=O)c1ccc(-c2ccc(C(C)(F)CNSC(C)C)cc2)cc1. The van der Waals surface area contributed by atoms with Gasteiger partial charge in [-0.2, -0.15) is 0 Å². The Labute approximate surface area is 153 Å². The third-order valence-electron chi connectivity index (χ3n) is 3.92. The molecule has 0 bridgehead atoms. The number of carbonyl (C=O) groups excluding carboxylic acids is 1. The monoisotopic (exact) mass is 360 g/mol. The van der Waals surface area contributed by atoms with E-state index in [1.54, 1.807) is 26.1 Å². The van der Waals surface area contributed by atoms with Gasteiger partial charge in [0, 0.05) is 24.4 Å². The molecule has 5 heteroatoms. The van der Waals surface area contributed by atoms with Crippen LogP contribution >= 0.6 is 11.9 Å². The summed E-state index contributed by atoms with van der Waals surface area (Å²) in [6.07, 6.45) is 0. The van der Waals surface area contributed by atoms with Crippen molar-refractivity contribution in [1.29, 1.82) is 0 Å². The summed E-state index contributed by atoms with van der Waals surface area (Å²) in [6, 6.07) is 14.8. The van der Waals surface area contributed by atoms with Crippen LogP contribution in [0.4, 0.5) is 4.39 Å². The largest absolute Gasteiger partial charge is 0.355 e. The molecule has 0 aromatic heterocycles. The molecule has 0 fully saturated rings. The topological polar surface area (TPSA) is 41.1 Å². The summed E-state index contributed by atoms with van der Waals surface area (Å²) in [4.78, 5) is 11.6. The second-order valence-electron chi connectivity index (χ2n) is 6.42. The molecule has 0 heterocycles. The highest BCUT2D eigenvalue weighted by Gasteiger charge is 2.25. The Bertz CT molecular complexity index is 697. The van der Waals surface area contributed by atoms with E-state index in [1.807, 2.05) is 36.4 Å². The van der Waals surface area contributed by atoms with E-state index in [2.05, 4.69) is 23.9 Å². The first-order valence-electron chi connectivity index (χ1n) is 8.34. The lowest BCUT2D eigenvalue weighted by Gasteiger charge is -2.22. The van der Waals surface area contributed by atoms with Crippen LogP contribution in [0.5, 0.6) is 0 Å². The number of nitrogens with one attached hydrogen (secondary N) is 2. The normalized spacial score (nSPS) is 13.5. The van der Waals surface area contributed by atoms with Gasteiger partial charge in [-0.05, 0) is 35.7 Å². The van der Waals surface area contributed by atoms with E-state index in [0.29, 0.717) is 16.4 Å². The Hall–Kier alpha value is -1.85. The Balaban J connectivity index is 2.09. The number of alkyl halides is 1. The number of rotatable bonds is 7. The quantitative estimate of drug-likeness (QED) is 0.712. The zero-order valence-corrected chi connectivity index (χ0v) is 15.9. The fraction of sp³-hybridized carbons (Fsp3) is 0.350. The highest BCUT2D eigenvalue weighted by molar-refractivity contribution is 7.97. The van der Waals surface area contributed by atoms with Gasteiger partial charge in [-0.25, -0.2) is 4.39 Å². The van der Waals surface area contributed by atoms with Crippen molar-refractivity contribution in [2.24, 2.45) is 0 Å². The first-order chi connectivity index (χ1) is 11.8. The second kappa shape index (κ2) is 8.50. The van der Waals surface area contributed by atoms with Crippen molar-refractivity contribution in [2.75, 3.05) is 13.6 Å². The minimum Gasteiger partial charge on any atom is -0.355 e. The minimum atomic E-state index is -1.43. The summed E-state index contributed by atoms with van der Waals surface area (Å²) in [7, 11) is 1.61. The molecular weight excluding hydrogens is 335 g/mol. The van der Waals surface area contributed by atoms with Crippen LogP contribution in [0, 0.1) is 0 Å². The standard InChI is InChI=1S/C20H25FN2OS/c1-14(2)25-23-13-20(3,21)18-11-9-16(10-12-18)15-5-7-17(8-6-15)19(24)22-4/h5-12,14,23H,13H2,1-4H3,(H,22,24). The molecule has 2 rings (SSSR count). The third kappa shape index (κ3) is 5.31. The molecule has 2 aromatic carbocycles. The maximum Gasteiger partial charge on any atom is 0.251 e. The molecule has 2 aromatic rings. The predicted octanol–water partition coefficient (Wildman–Crippen LogP) is 4.54. The summed E-state index contributed by atoms with van der Waals surface area (Å²) in [6.45, 7) is 5.99. The number of benzene rings is 2. The Kier molecular flexibility index (Phi) is 6.62. The zero-order chi connectivity index (χ0) is 18.4. The molecule has 2 N–H and O–H groups in total. The molecule has 0 radical (unpaired) electrons. The van der Waals surface area contributed by atoms with Gasteiger partial charge in [-0.15, -0.1) is 0 Å². The van der Waals surface area contributed by atoms with E-state index in [-0.39, 0.29) is 12.5 Å². The molecule has 3 nitrogen and oxygen atoms in total. The van der Waals surface area contributed by atoms with Gasteiger partial charge in [0.25, 0.3) is 5.91 Å². The molecule has 0 aliphatic carbocycles. The van der Waals surface area contributed by atoms with Crippen LogP contribution in [-0.2, 0) is 5.67 Å². The van der Waals surface area contributed by atoms with Gasteiger partial charge >= 0.3 is 0 Å². The molecule has 134 valence electrons.